The summed E-state index contributed by atoms with van der Waals surface area (Å²) in [5.74, 6) is -0.699. The molecule has 0 spiro atoms. The highest BCUT2D eigenvalue weighted by Gasteiger charge is 2.11. The molecule has 0 atom stereocenters. The number of halogens is 1. The van der Waals surface area contributed by atoms with Gasteiger partial charge >= 0.3 is 0 Å². The van der Waals surface area contributed by atoms with Crippen LogP contribution in [0.25, 0.3) is 0 Å². The lowest BCUT2D eigenvalue weighted by atomic mass is 10.2. The van der Waals surface area contributed by atoms with Crippen LogP contribution in [-0.4, -0.2) is 8.42 Å². The van der Waals surface area contributed by atoms with Crippen LogP contribution in [0.2, 0.25) is 0 Å². The molecule has 0 aliphatic heterocycles. The van der Waals surface area contributed by atoms with Gasteiger partial charge < -0.3 is 11.1 Å². The molecule has 2 rings (SSSR count). The maximum atomic E-state index is 13.8. The Morgan fingerprint density at radius 2 is 1.90 bits per heavy atom. The second-order valence-electron chi connectivity index (χ2n) is 4.22. The smallest absolute Gasteiger partial charge is 0.238 e. The zero-order valence-electron chi connectivity index (χ0n) is 10.5. The van der Waals surface area contributed by atoms with E-state index in [0.717, 1.165) is 11.6 Å². The summed E-state index contributed by atoms with van der Waals surface area (Å²) < 4.78 is 36.1. The Labute approximate surface area is 116 Å². The topological polar surface area (TPSA) is 98.2 Å². The molecule has 0 amide bonds. The summed E-state index contributed by atoms with van der Waals surface area (Å²) in [7, 11) is -3.91. The van der Waals surface area contributed by atoms with E-state index in [2.05, 4.69) is 5.32 Å². The van der Waals surface area contributed by atoms with E-state index in [9.17, 15) is 12.8 Å². The van der Waals surface area contributed by atoms with Crippen LogP contribution in [0.3, 0.4) is 0 Å². The molecule has 0 heterocycles. The molecule has 0 radical (unpaired) electrons. The first kappa shape index (κ1) is 14.4. The number of nitrogens with one attached hydrogen (secondary N) is 1. The van der Waals surface area contributed by atoms with Gasteiger partial charge in [0, 0.05) is 12.2 Å². The van der Waals surface area contributed by atoms with E-state index in [1.807, 2.05) is 6.07 Å². The number of rotatable bonds is 4. The number of sulfonamides is 1. The zero-order chi connectivity index (χ0) is 14.8. The van der Waals surface area contributed by atoms with Gasteiger partial charge in [-0.3, -0.25) is 0 Å². The Kier molecular flexibility index (Phi) is 4.03. The van der Waals surface area contributed by atoms with Crippen molar-refractivity contribution in [3.05, 3.63) is 53.8 Å². The van der Waals surface area contributed by atoms with E-state index < -0.39 is 15.8 Å². The summed E-state index contributed by atoms with van der Waals surface area (Å²) >= 11 is 0. The lowest BCUT2D eigenvalue weighted by Crippen LogP contribution is -2.12. The Bertz CT molecular complexity index is 732. The molecule has 106 valence electrons. The van der Waals surface area contributed by atoms with Crippen LogP contribution < -0.4 is 16.2 Å². The van der Waals surface area contributed by atoms with Crippen molar-refractivity contribution in [1.82, 2.24) is 0 Å². The van der Waals surface area contributed by atoms with Gasteiger partial charge in [-0.2, -0.15) is 0 Å². The normalized spacial score (nSPS) is 11.3. The third kappa shape index (κ3) is 3.32. The minimum atomic E-state index is -3.91. The van der Waals surface area contributed by atoms with Crippen molar-refractivity contribution in [3.63, 3.8) is 0 Å². The lowest BCUT2D eigenvalue weighted by Gasteiger charge is -2.09. The molecule has 0 saturated heterocycles. The largest absolute Gasteiger partial charge is 0.353 e. The van der Waals surface area contributed by atoms with Crippen LogP contribution >= 0.6 is 0 Å². The monoisotopic (exact) mass is 295 g/mol. The third-order valence-corrected chi connectivity index (χ3v) is 3.62. The van der Waals surface area contributed by atoms with Crippen molar-refractivity contribution in [1.29, 1.82) is 0 Å². The highest BCUT2D eigenvalue weighted by molar-refractivity contribution is 7.89. The van der Waals surface area contributed by atoms with Gasteiger partial charge in [-0.15, -0.1) is 0 Å². The second kappa shape index (κ2) is 5.58. The standard InChI is InChI=1S/C13H14FN3O2S/c14-12-7-11(20(16,18)19)4-5-13(12)17-10-3-1-2-9(6-10)8-15/h1-7,17H,8,15H2,(H2,16,18,19). The molecule has 0 aliphatic rings. The molecule has 0 saturated carbocycles. The van der Waals surface area contributed by atoms with Crippen LogP contribution in [0.5, 0.6) is 0 Å². The molecule has 7 heteroatoms. The molecule has 20 heavy (non-hydrogen) atoms. The van der Waals surface area contributed by atoms with E-state index in [-0.39, 0.29) is 10.6 Å². The van der Waals surface area contributed by atoms with Crippen molar-refractivity contribution in [2.75, 3.05) is 5.32 Å². The highest BCUT2D eigenvalue weighted by atomic mass is 32.2. The maximum Gasteiger partial charge on any atom is 0.238 e. The summed E-state index contributed by atoms with van der Waals surface area (Å²) in [4.78, 5) is -0.267. The molecular weight excluding hydrogens is 281 g/mol. The van der Waals surface area contributed by atoms with Crippen LogP contribution in [0, 0.1) is 5.82 Å². The average Bonchev–Trinajstić information content (AvgIpc) is 2.40. The molecular formula is C13H14FN3O2S. The van der Waals surface area contributed by atoms with Crippen LogP contribution in [0.4, 0.5) is 15.8 Å². The number of hydrogen-bond acceptors (Lipinski definition) is 4. The molecule has 0 aliphatic carbocycles. The molecule has 0 unspecified atom stereocenters. The summed E-state index contributed by atoms with van der Waals surface area (Å²) in [6, 6.07) is 10.6. The molecule has 0 bridgehead atoms. The Morgan fingerprint density at radius 1 is 1.15 bits per heavy atom. The predicted octanol–water partition coefficient (Wildman–Crippen LogP) is 1.68. The maximum absolute atomic E-state index is 13.8. The molecule has 0 fully saturated rings. The average molecular weight is 295 g/mol. The minimum absolute atomic E-state index is 0.159. The van der Waals surface area contributed by atoms with Crippen molar-refractivity contribution >= 4 is 21.4 Å². The Balaban J connectivity index is 2.30. The molecule has 5 nitrogen and oxygen atoms in total. The van der Waals surface area contributed by atoms with Gasteiger partial charge in [-0.05, 0) is 35.9 Å². The SMILES string of the molecule is NCc1cccc(Nc2ccc(S(N)(=O)=O)cc2F)c1. The van der Waals surface area contributed by atoms with Crippen molar-refractivity contribution < 1.29 is 12.8 Å². The summed E-state index contributed by atoms with van der Waals surface area (Å²) in [6.07, 6.45) is 0. The molecule has 0 aromatic heterocycles. The number of nitrogens with two attached hydrogens (primary N) is 2. The van der Waals surface area contributed by atoms with E-state index in [1.54, 1.807) is 18.2 Å². The van der Waals surface area contributed by atoms with Crippen molar-refractivity contribution in [2.45, 2.75) is 11.4 Å². The second-order valence-corrected chi connectivity index (χ2v) is 5.78. The first-order chi connectivity index (χ1) is 9.40. The summed E-state index contributed by atoms with van der Waals surface area (Å²) in [6.45, 7) is 0.377. The fourth-order valence-electron chi connectivity index (χ4n) is 1.71. The number of anilines is 2. The summed E-state index contributed by atoms with van der Waals surface area (Å²) in [5, 5.41) is 7.80. The number of benzene rings is 2. The number of hydrogen-bond donors (Lipinski definition) is 3. The van der Waals surface area contributed by atoms with Crippen LogP contribution in [0.1, 0.15) is 5.56 Å². The Morgan fingerprint density at radius 3 is 2.50 bits per heavy atom. The molecule has 2 aromatic rings. The van der Waals surface area contributed by atoms with Gasteiger partial charge in [0.15, 0.2) is 0 Å². The van der Waals surface area contributed by atoms with Gasteiger partial charge in [-0.25, -0.2) is 17.9 Å². The van der Waals surface area contributed by atoms with Crippen molar-refractivity contribution in [3.8, 4) is 0 Å². The van der Waals surface area contributed by atoms with E-state index in [4.69, 9.17) is 10.9 Å². The fraction of sp³-hybridized carbons (Fsp3) is 0.0769. The first-order valence-corrected chi connectivity index (χ1v) is 7.33. The Hall–Kier alpha value is -1.96. The summed E-state index contributed by atoms with van der Waals surface area (Å²) in [5.41, 5.74) is 7.25. The van der Waals surface area contributed by atoms with Gasteiger partial charge in [0.05, 0.1) is 10.6 Å². The van der Waals surface area contributed by atoms with Gasteiger partial charge in [-0.1, -0.05) is 12.1 Å². The molecule has 2 aromatic carbocycles. The third-order valence-electron chi connectivity index (χ3n) is 2.71. The quantitative estimate of drug-likeness (QED) is 0.799. The minimum Gasteiger partial charge on any atom is -0.353 e. The first-order valence-electron chi connectivity index (χ1n) is 5.78. The van der Waals surface area contributed by atoms with E-state index >= 15 is 0 Å². The molecule has 5 N–H and O–H groups in total. The van der Waals surface area contributed by atoms with E-state index in [0.29, 0.717) is 12.2 Å². The van der Waals surface area contributed by atoms with Gasteiger partial charge in [0.2, 0.25) is 10.0 Å². The van der Waals surface area contributed by atoms with Gasteiger partial charge in [0.25, 0.3) is 0 Å². The van der Waals surface area contributed by atoms with Crippen molar-refractivity contribution in [2.24, 2.45) is 10.9 Å². The predicted molar refractivity (Wildman–Crippen MR) is 75.4 cm³/mol. The lowest BCUT2D eigenvalue weighted by molar-refractivity contribution is 0.593. The van der Waals surface area contributed by atoms with E-state index in [1.165, 1.54) is 12.1 Å². The highest BCUT2D eigenvalue weighted by Crippen LogP contribution is 2.22. The zero-order valence-corrected chi connectivity index (χ0v) is 11.3. The van der Waals surface area contributed by atoms with Crippen LogP contribution in [-0.2, 0) is 16.6 Å². The van der Waals surface area contributed by atoms with Gasteiger partial charge in [0.1, 0.15) is 5.82 Å². The van der Waals surface area contributed by atoms with Crippen LogP contribution in [0.15, 0.2) is 47.4 Å². The fourth-order valence-corrected chi connectivity index (χ4v) is 2.23. The number of primary sulfonamides is 1.